The van der Waals surface area contributed by atoms with E-state index >= 15 is 0 Å². The number of carbonyl (C=O) groups is 2. The SMILES string of the molecule is CCC(=O)On1c2c(c3cc(C(=O)N4CCC(C)CC4)ccc31)CN(C1CCCCC1)CC2. The molecule has 1 aliphatic carbocycles. The fourth-order valence-corrected chi connectivity index (χ4v) is 5.89. The van der Waals surface area contributed by atoms with Crippen LogP contribution in [0.2, 0.25) is 0 Å². The van der Waals surface area contributed by atoms with Crippen molar-refractivity contribution in [2.45, 2.75) is 84.2 Å². The maximum Gasteiger partial charge on any atom is 0.332 e. The van der Waals surface area contributed by atoms with E-state index in [2.05, 4.69) is 17.9 Å². The number of likely N-dealkylation sites (tertiary alicyclic amines) is 1. The van der Waals surface area contributed by atoms with Crippen LogP contribution in [0.3, 0.4) is 0 Å². The molecule has 1 amide bonds. The summed E-state index contributed by atoms with van der Waals surface area (Å²) in [4.78, 5) is 35.9. The van der Waals surface area contributed by atoms with E-state index in [1.165, 1.54) is 37.7 Å². The molecule has 0 spiro atoms. The molecule has 2 aromatic rings. The van der Waals surface area contributed by atoms with Crippen molar-refractivity contribution in [1.29, 1.82) is 0 Å². The summed E-state index contributed by atoms with van der Waals surface area (Å²) in [5, 5.41) is 1.06. The molecule has 6 nitrogen and oxygen atoms in total. The third-order valence-corrected chi connectivity index (χ3v) is 8.02. The van der Waals surface area contributed by atoms with Crippen LogP contribution in [-0.2, 0) is 17.8 Å². The summed E-state index contributed by atoms with van der Waals surface area (Å²) in [6.45, 7) is 7.61. The van der Waals surface area contributed by atoms with E-state index in [1.807, 2.05) is 24.0 Å². The minimum Gasteiger partial charge on any atom is -0.339 e. The van der Waals surface area contributed by atoms with Gasteiger partial charge in [0.05, 0.1) is 11.2 Å². The Bertz CT molecular complexity index is 1030. The molecule has 1 saturated heterocycles. The van der Waals surface area contributed by atoms with Crippen LogP contribution in [0.4, 0.5) is 0 Å². The lowest BCUT2D eigenvalue weighted by Gasteiger charge is -2.37. The number of carbonyl (C=O) groups excluding carboxylic acids is 2. The Morgan fingerprint density at radius 3 is 2.52 bits per heavy atom. The van der Waals surface area contributed by atoms with Gasteiger partial charge in [-0.25, -0.2) is 4.79 Å². The van der Waals surface area contributed by atoms with Crippen molar-refractivity contribution in [3.8, 4) is 0 Å². The van der Waals surface area contributed by atoms with E-state index in [0.717, 1.165) is 67.6 Å². The molecule has 0 unspecified atom stereocenters. The van der Waals surface area contributed by atoms with E-state index < -0.39 is 0 Å². The van der Waals surface area contributed by atoms with E-state index in [4.69, 9.17) is 4.84 Å². The molecular weight excluding hydrogens is 414 g/mol. The molecule has 3 heterocycles. The van der Waals surface area contributed by atoms with Gasteiger partial charge in [0.1, 0.15) is 0 Å². The molecule has 5 rings (SSSR count). The highest BCUT2D eigenvalue weighted by Gasteiger charge is 2.31. The zero-order valence-electron chi connectivity index (χ0n) is 20.1. The van der Waals surface area contributed by atoms with Gasteiger partial charge in [-0.15, -0.1) is 0 Å². The second kappa shape index (κ2) is 9.49. The van der Waals surface area contributed by atoms with E-state index in [0.29, 0.717) is 18.4 Å². The van der Waals surface area contributed by atoms with Crippen LogP contribution in [0.25, 0.3) is 10.9 Å². The maximum absolute atomic E-state index is 13.3. The topological polar surface area (TPSA) is 54.8 Å². The highest BCUT2D eigenvalue weighted by molar-refractivity contribution is 5.99. The van der Waals surface area contributed by atoms with Crippen LogP contribution in [-0.4, -0.2) is 52.1 Å². The Hall–Kier alpha value is -2.34. The smallest absolute Gasteiger partial charge is 0.332 e. The fraction of sp³-hybridized carbons (Fsp3) is 0.630. The number of aromatic nitrogens is 1. The first-order valence-corrected chi connectivity index (χ1v) is 13.0. The molecule has 178 valence electrons. The molecule has 2 fully saturated rings. The fourth-order valence-electron chi connectivity index (χ4n) is 5.89. The first-order valence-electron chi connectivity index (χ1n) is 13.0. The van der Waals surface area contributed by atoms with E-state index in [9.17, 15) is 9.59 Å². The summed E-state index contributed by atoms with van der Waals surface area (Å²) in [7, 11) is 0. The van der Waals surface area contributed by atoms with Gasteiger partial charge in [-0.3, -0.25) is 9.69 Å². The molecule has 1 aromatic carbocycles. The molecule has 0 N–H and O–H groups in total. The van der Waals surface area contributed by atoms with Crippen molar-refractivity contribution in [2.75, 3.05) is 19.6 Å². The summed E-state index contributed by atoms with van der Waals surface area (Å²) in [5.74, 6) is 0.583. The Kier molecular flexibility index (Phi) is 6.46. The van der Waals surface area contributed by atoms with Crippen molar-refractivity contribution in [2.24, 2.45) is 5.92 Å². The van der Waals surface area contributed by atoms with E-state index in [1.54, 1.807) is 4.73 Å². The molecule has 1 aromatic heterocycles. The Morgan fingerprint density at radius 2 is 1.79 bits per heavy atom. The van der Waals surface area contributed by atoms with Gasteiger partial charge in [0.25, 0.3) is 5.91 Å². The maximum atomic E-state index is 13.3. The van der Waals surface area contributed by atoms with Crippen LogP contribution >= 0.6 is 0 Å². The number of benzene rings is 1. The predicted octanol–water partition coefficient (Wildman–Crippen LogP) is 4.57. The quantitative estimate of drug-likeness (QED) is 0.683. The van der Waals surface area contributed by atoms with Gasteiger partial charge in [0.15, 0.2) is 0 Å². The first-order chi connectivity index (χ1) is 16.0. The molecule has 6 heteroatoms. The Balaban J connectivity index is 1.50. The second-order valence-electron chi connectivity index (χ2n) is 10.3. The minimum absolute atomic E-state index is 0.121. The van der Waals surface area contributed by atoms with Crippen LogP contribution in [0, 0.1) is 5.92 Å². The normalized spacial score (nSPS) is 20.7. The molecule has 3 aliphatic rings. The van der Waals surface area contributed by atoms with Crippen molar-refractivity contribution in [3.05, 3.63) is 35.0 Å². The van der Waals surface area contributed by atoms with Gasteiger partial charge in [0, 0.05) is 56.0 Å². The number of piperidine rings is 1. The summed E-state index contributed by atoms with van der Waals surface area (Å²) >= 11 is 0. The highest BCUT2D eigenvalue weighted by Crippen LogP contribution is 2.34. The standard InChI is InChI=1S/C27H37N3O3/c1-3-26(31)33-30-24-10-9-20(27(32)28-14-11-19(2)12-15-28)17-22(24)23-18-29(16-13-25(23)30)21-7-5-4-6-8-21/h9-10,17,19,21H,3-8,11-16,18H2,1-2H3. The van der Waals surface area contributed by atoms with Crippen LogP contribution in [0.15, 0.2) is 18.2 Å². The highest BCUT2D eigenvalue weighted by atomic mass is 16.7. The first kappa shape index (κ1) is 22.5. The number of rotatable bonds is 4. The van der Waals surface area contributed by atoms with Gasteiger partial charge in [-0.2, -0.15) is 4.73 Å². The monoisotopic (exact) mass is 451 g/mol. The zero-order valence-corrected chi connectivity index (χ0v) is 20.1. The molecule has 0 radical (unpaired) electrons. The van der Waals surface area contributed by atoms with E-state index in [-0.39, 0.29) is 11.9 Å². The lowest BCUT2D eigenvalue weighted by molar-refractivity contribution is -0.143. The summed E-state index contributed by atoms with van der Waals surface area (Å²) in [5.41, 5.74) is 3.97. The van der Waals surface area contributed by atoms with Gasteiger partial charge in [-0.05, 0) is 55.4 Å². The molecule has 0 atom stereocenters. The van der Waals surface area contributed by atoms with Crippen LogP contribution in [0.5, 0.6) is 0 Å². The number of amides is 1. The molecule has 2 aliphatic heterocycles. The average Bonchev–Trinajstić information content (AvgIpc) is 3.16. The third-order valence-electron chi connectivity index (χ3n) is 8.02. The minimum atomic E-state index is -0.230. The average molecular weight is 452 g/mol. The van der Waals surface area contributed by atoms with Gasteiger partial charge < -0.3 is 9.74 Å². The number of nitrogens with zero attached hydrogens (tertiary/aromatic N) is 3. The van der Waals surface area contributed by atoms with Gasteiger partial charge in [0.2, 0.25) is 0 Å². The lowest BCUT2D eigenvalue weighted by atomic mass is 9.92. The Morgan fingerprint density at radius 1 is 1.03 bits per heavy atom. The third kappa shape index (κ3) is 4.42. The summed E-state index contributed by atoms with van der Waals surface area (Å²) in [6, 6.07) is 6.57. The largest absolute Gasteiger partial charge is 0.339 e. The molecular formula is C27H37N3O3. The zero-order chi connectivity index (χ0) is 22.9. The summed E-state index contributed by atoms with van der Waals surface area (Å²) in [6.07, 6.45) is 9.88. The second-order valence-corrected chi connectivity index (χ2v) is 10.3. The predicted molar refractivity (Wildman–Crippen MR) is 129 cm³/mol. The molecule has 0 bridgehead atoms. The number of hydrogen-bond donors (Lipinski definition) is 0. The van der Waals surface area contributed by atoms with Gasteiger partial charge >= 0.3 is 5.97 Å². The van der Waals surface area contributed by atoms with Gasteiger partial charge in [-0.1, -0.05) is 33.1 Å². The van der Waals surface area contributed by atoms with Crippen molar-refractivity contribution < 1.29 is 14.4 Å². The van der Waals surface area contributed by atoms with Crippen molar-refractivity contribution >= 4 is 22.8 Å². The van der Waals surface area contributed by atoms with Crippen LogP contribution in [0.1, 0.15) is 86.8 Å². The van der Waals surface area contributed by atoms with Crippen molar-refractivity contribution in [3.63, 3.8) is 0 Å². The lowest BCUT2D eigenvalue weighted by Crippen LogP contribution is -2.41. The molecule has 1 saturated carbocycles. The Labute approximate surface area is 196 Å². The molecule has 33 heavy (non-hydrogen) atoms. The van der Waals surface area contributed by atoms with Crippen LogP contribution < -0.4 is 4.84 Å². The van der Waals surface area contributed by atoms with Crippen molar-refractivity contribution in [1.82, 2.24) is 14.5 Å². The number of hydrogen-bond acceptors (Lipinski definition) is 4. The summed E-state index contributed by atoms with van der Waals surface area (Å²) < 4.78 is 1.76. The number of fused-ring (bicyclic) bond motifs is 3.